The summed E-state index contributed by atoms with van der Waals surface area (Å²) in [5.41, 5.74) is 3.38. The Balaban J connectivity index is 1.60. The average Bonchev–Trinajstić information content (AvgIpc) is 2.93. The van der Waals surface area contributed by atoms with E-state index in [9.17, 15) is 9.90 Å². The highest BCUT2D eigenvalue weighted by Crippen LogP contribution is 2.52. The number of carbonyl (C=O) groups is 1. The van der Waals surface area contributed by atoms with Crippen molar-refractivity contribution in [2.75, 3.05) is 26.7 Å². The third kappa shape index (κ3) is 3.34. The number of carboxylic acids is 1. The predicted octanol–water partition coefficient (Wildman–Crippen LogP) is 2.65. The van der Waals surface area contributed by atoms with Gasteiger partial charge < -0.3 is 10.2 Å². The molecule has 0 bridgehead atoms. The minimum absolute atomic E-state index is 0.0533. The lowest BCUT2D eigenvalue weighted by Gasteiger charge is -2.43. The third-order valence-electron chi connectivity index (χ3n) is 6.54. The third-order valence-corrected chi connectivity index (χ3v) is 6.54. The smallest absolute Gasteiger partial charge is 0.317 e. The van der Waals surface area contributed by atoms with E-state index in [1.54, 1.807) is 0 Å². The van der Waals surface area contributed by atoms with Crippen LogP contribution in [0, 0.1) is 0 Å². The van der Waals surface area contributed by atoms with Gasteiger partial charge in [-0.1, -0.05) is 54.6 Å². The van der Waals surface area contributed by atoms with Crippen molar-refractivity contribution in [3.63, 3.8) is 0 Å². The average molecular weight is 380 g/mol. The highest BCUT2D eigenvalue weighted by molar-refractivity contribution is 5.69. The van der Waals surface area contributed by atoms with Gasteiger partial charge in [-0.15, -0.1) is 0 Å². The van der Waals surface area contributed by atoms with E-state index in [2.05, 4.69) is 42.3 Å². The number of hydrogen-bond acceptors (Lipinski definition) is 4. The van der Waals surface area contributed by atoms with Gasteiger partial charge in [-0.2, -0.15) is 0 Å². The maximum absolute atomic E-state index is 11.5. The minimum Gasteiger partial charge on any atom is -0.480 e. The first-order chi connectivity index (χ1) is 13.5. The molecule has 1 aliphatic heterocycles. The van der Waals surface area contributed by atoms with E-state index in [4.69, 9.17) is 5.11 Å². The van der Waals surface area contributed by atoms with E-state index in [0.29, 0.717) is 13.1 Å². The lowest BCUT2D eigenvalue weighted by Crippen LogP contribution is -2.50. The van der Waals surface area contributed by atoms with Crippen LogP contribution in [0.1, 0.15) is 35.6 Å². The second kappa shape index (κ2) is 7.66. The maximum atomic E-state index is 11.5. The molecule has 1 heterocycles. The molecule has 0 saturated carbocycles. The Morgan fingerprint density at radius 1 is 1.11 bits per heavy atom. The summed E-state index contributed by atoms with van der Waals surface area (Å²) in [7, 11) is 2.08. The lowest BCUT2D eigenvalue weighted by atomic mass is 9.72. The van der Waals surface area contributed by atoms with Crippen molar-refractivity contribution >= 4 is 5.97 Å². The zero-order valence-electron chi connectivity index (χ0n) is 16.3. The van der Waals surface area contributed by atoms with Gasteiger partial charge in [0.15, 0.2) is 0 Å². The first-order valence-electron chi connectivity index (χ1n) is 9.97. The largest absolute Gasteiger partial charge is 0.480 e. The van der Waals surface area contributed by atoms with Crippen LogP contribution in [0.2, 0.25) is 0 Å². The molecule has 2 aromatic rings. The van der Waals surface area contributed by atoms with Crippen LogP contribution >= 0.6 is 0 Å². The van der Waals surface area contributed by atoms with E-state index in [0.717, 1.165) is 19.4 Å². The molecule has 2 atom stereocenters. The van der Waals surface area contributed by atoms with Gasteiger partial charge in [0.25, 0.3) is 0 Å². The Morgan fingerprint density at radius 3 is 2.43 bits per heavy atom. The van der Waals surface area contributed by atoms with Gasteiger partial charge in [-0.3, -0.25) is 14.6 Å². The highest BCUT2D eigenvalue weighted by Gasteiger charge is 2.53. The second-order valence-corrected chi connectivity index (χ2v) is 8.20. The molecule has 2 aromatic carbocycles. The van der Waals surface area contributed by atoms with Crippen LogP contribution in [0.25, 0.3) is 0 Å². The Hall–Kier alpha value is -2.21. The Morgan fingerprint density at radius 2 is 1.75 bits per heavy atom. The zero-order valence-corrected chi connectivity index (χ0v) is 16.3. The van der Waals surface area contributed by atoms with Crippen molar-refractivity contribution in [2.45, 2.75) is 36.9 Å². The van der Waals surface area contributed by atoms with Crippen LogP contribution in [0.4, 0.5) is 0 Å². The van der Waals surface area contributed by atoms with E-state index in [1.165, 1.54) is 16.7 Å². The van der Waals surface area contributed by atoms with Gasteiger partial charge in [0, 0.05) is 12.0 Å². The fraction of sp³-hybridized carbons (Fsp3) is 0.435. The molecule has 5 nitrogen and oxygen atoms in total. The van der Waals surface area contributed by atoms with Crippen molar-refractivity contribution in [1.82, 2.24) is 9.80 Å². The van der Waals surface area contributed by atoms with E-state index < -0.39 is 12.1 Å². The number of piperidine rings is 1. The molecule has 2 aliphatic rings. The topological polar surface area (TPSA) is 64.0 Å². The fourth-order valence-corrected chi connectivity index (χ4v) is 5.15. The predicted molar refractivity (Wildman–Crippen MR) is 108 cm³/mol. The first-order valence-corrected chi connectivity index (χ1v) is 9.97. The molecule has 0 radical (unpaired) electrons. The number of rotatable bonds is 5. The monoisotopic (exact) mass is 380 g/mol. The number of aliphatic carboxylic acids is 1. The van der Waals surface area contributed by atoms with Crippen LogP contribution in [-0.4, -0.2) is 58.8 Å². The standard InChI is InChI=1S/C23H28N2O3/c1-24(15-17-7-3-2-4-8-17)21-18-9-5-6-10-19(18)23(22(21)28)11-13-25(14-12-23)16-20(26)27/h2-10,21-22,28H,11-16H2,1H3,(H,26,27)/t21-,22+/m0/s1. The van der Waals surface area contributed by atoms with E-state index in [1.807, 2.05) is 29.2 Å². The van der Waals surface area contributed by atoms with Crippen molar-refractivity contribution in [2.24, 2.45) is 0 Å². The molecule has 148 valence electrons. The summed E-state index contributed by atoms with van der Waals surface area (Å²) in [4.78, 5) is 15.3. The zero-order chi connectivity index (χ0) is 19.7. The van der Waals surface area contributed by atoms with Crippen LogP contribution in [0.3, 0.4) is 0 Å². The number of benzene rings is 2. The van der Waals surface area contributed by atoms with Crippen molar-refractivity contribution < 1.29 is 15.0 Å². The van der Waals surface area contributed by atoms with E-state index in [-0.39, 0.29) is 18.0 Å². The molecule has 0 amide bonds. The Bertz CT molecular complexity index is 831. The fourth-order valence-electron chi connectivity index (χ4n) is 5.15. The van der Waals surface area contributed by atoms with Crippen molar-refractivity contribution in [3.05, 3.63) is 71.3 Å². The molecular weight excluding hydrogens is 352 g/mol. The van der Waals surface area contributed by atoms with Gasteiger partial charge in [-0.05, 0) is 49.7 Å². The Labute approximate surface area is 166 Å². The van der Waals surface area contributed by atoms with Crippen LogP contribution < -0.4 is 0 Å². The summed E-state index contributed by atoms with van der Waals surface area (Å²) < 4.78 is 0. The summed E-state index contributed by atoms with van der Waals surface area (Å²) in [6.45, 7) is 2.25. The summed E-state index contributed by atoms with van der Waals surface area (Å²) in [6.07, 6.45) is 1.08. The van der Waals surface area contributed by atoms with Crippen LogP contribution in [0.15, 0.2) is 54.6 Å². The number of carboxylic acid groups (broad SMARTS) is 1. The molecule has 1 spiro atoms. The normalized spacial score (nSPS) is 23.8. The minimum atomic E-state index is -0.788. The second-order valence-electron chi connectivity index (χ2n) is 8.20. The summed E-state index contributed by atoms with van der Waals surface area (Å²) >= 11 is 0. The quantitative estimate of drug-likeness (QED) is 0.835. The van der Waals surface area contributed by atoms with E-state index >= 15 is 0 Å². The SMILES string of the molecule is CN(Cc1ccccc1)[C@H]1c2ccccc2C2(CCN(CC(=O)O)CC2)[C@@H]1O. The molecule has 1 aliphatic carbocycles. The first kappa shape index (κ1) is 19.1. The van der Waals surface area contributed by atoms with Gasteiger partial charge in [0.05, 0.1) is 18.7 Å². The number of likely N-dealkylation sites (tertiary alicyclic amines) is 1. The summed E-state index contributed by atoms with van der Waals surface area (Å²) in [5.74, 6) is -0.788. The molecule has 2 N–H and O–H groups in total. The van der Waals surface area contributed by atoms with Crippen molar-refractivity contribution in [3.8, 4) is 0 Å². The number of fused-ring (bicyclic) bond motifs is 2. The molecule has 1 saturated heterocycles. The van der Waals surface area contributed by atoms with Gasteiger partial charge in [0.2, 0.25) is 0 Å². The van der Waals surface area contributed by atoms with Gasteiger partial charge in [-0.25, -0.2) is 0 Å². The molecule has 0 unspecified atom stereocenters. The number of aliphatic hydroxyl groups excluding tert-OH is 1. The molecule has 5 heteroatoms. The summed E-state index contributed by atoms with van der Waals surface area (Å²) in [5, 5.41) is 20.6. The van der Waals surface area contributed by atoms with Crippen molar-refractivity contribution in [1.29, 1.82) is 0 Å². The van der Waals surface area contributed by atoms with Crippen LogP contribution in [-0.2, 0) is 16.8 Å². The molecule has 4 rings (SSSR count). The molecule has 1 fully saturated rings. The lowest BCUT2D eigenvalue weighted by molar-refractivity contribution is -0.139. The molecule has 0 aromatic heterocycles. The number of likely N-dealkylation sites (N-methyl/N-ethyl adjacent to an activating group) is 1. The summed E-state index contributed by atoms with van der Waals surface area (Å²) in [6, 6.07) is 18.7. The van der Waals surface area contributed by atoms with Gasteiger partial charge in [0.1, 0.15) is 0 Å². The number of nitrogens with zero attached hydrogens (tertiary/aromatic N) is 2. The molecular formula is C23H28N2O3. The highest BCUT2D eigenvalue weighted by atomic mass is 16.4. The Kier molecular flexibility index (Phi) is 5.23. The molecule has 28 heavy (non-hydrogen) atoms. The number of aliphatic hydroxyl groups is 1. The van der Waals surface area contributed by atoms with Gasteiger partial charge >= 0.3 is 5.97 Å². The maximum Gasteiger partial charge on any atom is 0.317 e. The number of hydrogen-bond donors (Lipinski definition) is 2. The van der Waals surface area contributed by atoms with Crippen LogP contribution in [0.5, 0.6) is 0 Å².